The molecule has 0 bridgehead atoms. The molecule has 118 valence electrons. The van der Waals surface area contributed by atoms with Gasteiger partial charge in [-0.25, -0.2) is 4.79 Å². The molecule has 0 aliphatic heterocycles. The minimum Gasteiger partial charge on any atom is -0.465 e. The summed E-state index contributed by atoms with van der Waals surface area (Å²) in [6, 6.07) is 6.70. The van der Waals surface area contributed by atoms with E-state index in [1.54, 1.807) is 24.3 Å². The maximum atomic E-state index is 12.1. The number of carbonyl (C=O) groups is 2. The van der Waals surface area contributed by atoms with E-state index in [0.717, 1.165) is 25.7 Å². The average molecular weight is 320 g/mol. The van der Waals surface area contributed by atoms with E-state index in [0.29, 0.717) is 11.3 Å². The third-order valence-electron chi connectivity index (χ3n) is 3.78. The zero-order valence-electron chi connectivity index (χ0n) is 12.6. The van der Waals surface area contributed by atoms with Gasteiger partial charge in [0.1, 0.15) is 0 Å². The smallest absolute Gasteiger partial charge is 0.337 e. The second-order valence-corrected chi connectivity index (χ2v) is 5.76. The molecule has 1 amide bonds. The first-order valence-corrected chi connectivity index (χ1v) is 7.81. The number of carbonyl (C=O) groups excluding carboxylic acids is 2. The summed E-state index contributed by atoms with van der Waals surface area (Å²) in [5, 5.41) is 5.96. The number of methoxy groups -OCH3 is 1. The monoisotopic (exact) mass is 320 g/mol. The third kappa shape index (κ3) is 4.53. The fourth-order valence-electron chi connectivity index (χ4n) is 2.55. The van der Waals surface area contributed by atoms with Crippen LogP contribution >= 0.6 is 12.2 Å². The summed E-state index contributed by atoms with van der Waals surface area (Å²) in [5.74, 6) is -0.335. The van der Waals surface area contributed by atoms with Gasteiger partial charge >= 0.3 is 5.97 Å². The van der Waals surface area contributed by atoms with Crippen LogP contribution in [0.15, 0.2) is 24.3 Å². The van der Waals surface area contributed by atoms with Crippen LogP contribution in [0.5, 0.6) is 0 Å². The Bertz CT molecular complexity index is 551. The molecule has 1 saturated carbocycles. The predicted molar refractivity (Wildman–Crippen MR) is 88.7 cm³/mol. The van der Waals surface area contributed by atoms with Gasteiger partial charge in [-0.05, 0) is 49.3 Å². The summed E-state index contributed by atoms with van der Waals surface area (Å²) in [7, 11) is 1.34. The van der Waals surface area contributed by atoms with Gasteiger partial charge in [-0.3, -0.25) is 4.79 Å². The molecule has 1 fully saturated rings. The molecule has 5 nitrogen and oxygen atoms in total. The molecule has 0 radical (unpaired) electrons. The number of hydrogen-bond acceptors (Lipinski definition) is 4. The standard InChI is InChI=1S/C16H20N2O3S/c1-21-15(20)12-7-9-13(10-8-12)17-16(22)18-14(19)11-5-3-2-4-6-11/h7-11H,2-6H2,1H3,(H2,17,18,19,22). The molecule has 22 heavy (non-hydrogen) atoms. The van der Waals surface area contributed by atoms with Crippen molar-refractivity contribution in [1.82, 2.24) is 5.32 Å². The van der Waals surface area contributed by atoms with Crippen LogP contribution in [0.2, 0.25) is 0 Å². The molecule has 1 aliphatic rings. The second kappa shape index (κ2) is 7.89. The summed E-state index contributed by atoms with van der Waals surface area (Å²) >= 11 is 5.15. The van der Waals surface area contributed by atoms with E-state index < -0.39 is 0 Å². The van der Waals surface area contributed by atoms with Crippen molar-refractivity contribution in [2.45, 2.75) is 32.1 Å². The molecule has 0 saturated heterocycles. The Hall–Kier alpha value is -1.95. The average Bonchev–Trinajstić information content (AvgIpc) is 2.55. The first-order valence-electron chi connectivity index (χ1n) is 7.40. The molecule has 1 aromatic rings. The van der Waals surface area contributed by atoms with Gasteiger partial charge in [-0.15, -0.1) is 0 Å². The lowest BCUT2D eigenvalue weighted by molar-refractivity contribution is -0.124. The van der Waals surface area contributed by atoms with Crippen molar-refractivity contribution in [2.24, 2.45) is 5.92 Å². The molecule has 0 spiro atoms. The molecule has 2 rings (SSSR count). The number of benzene rings is 1. The van der Waals surface area contributed by atoms with Gasteiger partial charge in [-0.1, -0.05) is 19.3 Å². The van der Waals surface area contributed by atoms with E-state index in [-0.39, 0.29) is 22.9 Å². The van der Waals surface area contributed by atoms with Crippen LogP contribution in [0.4, 0.5) is 5.69 Å². The number of thiocarbonyl (C=S) groups is 1. The SMILES string of the molecule is COC(=O)c1ccc(NC(=S)NC(=O)C2CCCCC2)cc1. The van der Waals surface area contributed by atoms with Crippen LogP contribution < -0.4 is 10.6 Å². The highest BCUT2D eigenvalue weighted by Crippen LogP contribution is 2.23. The molecule has 0 aromatic heterocycles. The maximum absolute atomic E-state index is 12.1. The van der Waals surface area contributed by atoms with Crippen LogP contribution in [0.1, 0.15) is 42.5 Å². The van der Waals surface area contributed by atoms with Gasteiger partial charge in [0, 0.05) is 11.6 Å². The van der Waals surface area contributed by atoms with Crippen molar-refractivity contribution in [3.8, 4) is 0 Å². The predicted octanol–water partition coefficient (Wildman–Crippen LogP) is 2.87. The van der Waals surface area contributed by atoms with Crippen LogP contribution in [-0.4, -0.2) is 24.1 Å². The van der Waals surface area contributed by atoms with Crippen molar-refractivity contribution in [1.29, 1.82) is 0 Å². The van der Waals surface area contributed by atoms with Crippen LogP contribution in [0, 0.1) is 5.92 Å². The van der Waals surface area contributed by atoms with E-state index in [4.69, 9.17) is 12.2 Å². The zero-order chi connectivity index (χ0) is 15.9. The van der Waals surface area contributed by atoms with E-state index in [9.17, 15) is 9.59 Å². The normalized spacial score (nSPS) is 15.0. The number of ether oxygens (including phenoxy) is 1. The Kier molecular flexibility index (Phi) is 5.89. The fraction of sp³-hybridized carbons (Fsp3) is 0.438. The third-order valence-corrected chi connectivity index (χ3v) is 3.98. The van der Waals surface area contributed by atoms with Crippen molar-refractivity contribution >= 4 is 34.9 Å². The molecule has 0 atom stereocenters. The molecule has 0 heterocycles. The first kappa shape index (κ1) is 16.4. The Labute approximate surface area is 135 Å². The topological polar surface area (TPSA) is 67.4 Å². The minimum atomic E-state index is -0.389. The van der Waals surface area contributed by atoms with E-state index >= 15 is 0 Å². The Morgan fingerprint density at radius 3 is 2.36 bits per heavy atom. The minimum absolute atomic E-state index is 0.0108. The fourth-order valence-corrected chi connectivity index (χ4v) is 2.77. The van der Waals surface area contributed by atoms with Gasteiger partial charge in [0.2, 0.25) is 5.91 Å². The Morgan fingerprint density at radius 1 is 1.14 bits per heavy atom. The molecule has 1 aromatic carbocycles. The number of nitrogens with one attached hydrogen (secondary N) is 2. The van der Waals surface area contributed by atoms with E-state index in [2.05, 4.69) is 15.4 Å². The molecule has 2 N–H and O–H groups in total. The van der Waals surface area contributed by atoms with Crippen LogP contribution in [0.25, 0.3) is 0 Å². The lowest BCUT2D eigenvalue weighted by Gasteiger charge is -2.21. The molecule has 0 unspecified atom stereocenters. The second-order valence-electron chi connectivity index (χ2n) is 5.35. The highest BCUT2D eigenvalue weighted by Gasteiger charge is 2.21. The number of amides is 1. The van der Waals surface area contributed by atoms with Gasteiger partial charge in [0.25, 0.3) is 0 Å². The Balaban J connectivity index is 1.86. The number of esters is 1. The largest absolute Gasteiger partial charge is 0.465 e. The molecule has 6 heteroatoms. The lowest BCUT2D eigenvalue weighted by atomic mass is 9.89. The molecule has 1 aliphatic carbocycles. The summed E-state index contributed by atoms with van der Waals surface area (Å²) in [4.78, 5) is 23.4. The quantitative estimate of drug-likeness (QED) is 0.662. The Morgan fingerprint density at radius 2 is 1.77 bits per heavy atom. The summed E-state index contributed by atoms with van der Waals surface area (Å²) < 4.78 is 4.63. The lowest BCUT2D eigenvalue weighted by Crippen LogP contribution is -2.38. The molecular formula is C16H20N2O3S. The van der Waals surface area contributed by atoms with Crippen LogP contribution in [0.3, 0.4) is 0 Å². The van der Waals surface area contributed by atoms with Gasteiger partial charge < -0.3 is 15.4 Å². The van der Waals surface area contributed by atoms with Gasteiger partial charge in [0.15, 0.2) is 5.11 Å². The van der Waals surface area contributed by atoms with Crippen LogP contribution in [-0.2, 0) is 9.53 Å². The van der Waals surface area contributed by atoms with Crippen molar-refractivity contribution < 1.29 is 14.3 Å². The molecular weight excluding hydrogens is 300 g/mol. The number of rotatable bonds is 3. The summed E-state index contributed by atoms with van der Waals surface area (Å²) in [5.41, 5.74) is 1.17. The van der Waals surface area contributed by atoms with E-state index in [1.165, 1.54) is 13.5 Å². The summed E-state index contributed by atoms with van der Waals surface area (Å²) in [6.45, 7) is 0. The van der Waals surface area contributed by atoms with Crippen molar-refractivity contribution in [2.75, 3.05) is 12.4 Å². The number of hydrogen-bond donors (Lipinski definition) is 2. The summed E-state index contributed by atoms with van der Waals surface area (Å²) in [6.07, 6.45) is 5.28. The van der Waals surface area contributed by atoms with Gasteiger partial charge in [0.05, 0.1) is 12.7 Å². The van der Waals surface area contributed by atoms with Gasteiger partial charge in [-0.2, -0.15) is 0 Å². The highest BCUT2D eigenvalue weighted by atomic mass is 32.1. The van der Waals surface area contributed by atoms with Crippen molar-refractivity contribution in [3.05, 3.63) is 29.8 Å². The number of anilines is 1. The van der Waals surface area contributed by atoms with E-state index in [1.807, 2.05) is 0 Å². The zero-order valence-corrected chi connectivity index (χ0v) is 13.4. The highest BCUT2D eigenvalue weighted by molar-refractivity contribution is 7.80. The first-order chi connectivity index (χ1) is 10.6. The maximum Gasteiger partial charge on any atom is 0.337 e. The van der Waals surface area contributed by atoms with Crippen molar-refractivity contribution in [3.63, 3.8) is 0 Å².